The fourth-order valence-electron chi connectivity index (χ4n) is 2.15. The molecule has 9 heteroatoms. The lowest BCUT2D eigenvalue weighted by atomic mass is 10.1. The third-order valence-electron chi connectivity index (χ3n) is 3.14. The summed E-state index contributed by atoms with van der Waals surface area (Å²) in [6, 6.07) is 4.77. The highest BCUT2D eigenvalue weighted by Gasteiger charge is 2.15. The molecule has 0 aliphatic carbocycles. The van der Waals surface area contributed by atoms with Gasteiger partial charge in [0, 0.05) is 30.8 Å². The second-order valence-corrected chi connectivity index (χ2v) is 5.25. The molecule has 126 valence electrons. The summed E-state index contributed by atoms with van der Waals surface area (Å²) in [7, 11) is 3.05. The van der Waals surface area contributed by atoms with Crippen molar-refractivity contribution < 1.29 is 9.47 Å². The minimum atomic E-state index is -0.303. The molecule has 2 aromatic rings. The summed E-state index contributed by atoms with van der Waals surface area (Å²) in [5.74, 6) is 1.00. The van der Waals surface area contributed by atoms with E-state index in [1.165, 1.54) is 20.3 Å². The molecule has 0 bridgehead atoms. The van der Waals surface area contributed by atoms with Crippen molar-refractivity contribution in [2.24, 2.45) is 5.73 Å². The highest BCUT2D eigenvalue weighted by Crippen LogP contribution is 2.38. The van der Waals surface area contributed by atoms with Crippen molar-refractivity contribution in [3.05, 3.63) is 38.3 Å². The Hall–Kier alpha value is -1.54. The zero-order valence-electron chi connectivity index (χ0n) is 12.6. The van der Waals surface area contributed by atoms with E-state index in [1.807, 2.05) is 0 Å². The standard InChI is InChI=1S/C14H16ClN3O3S.ClH/c1-20-11-7-12(21-2)9(15)5-8(11)10-6-13(19)17-14(22)18(10)4-3-16;/h5-7H,3-4,16H2,1-2H3,(H,17,19,22);1H. The predicted octanol–water partition coefficient (Wildman–Crippen LogP) is 2.62. The van der Waals surface area contributed by atoms with E-state index in [9.17, 15) is 4.79 Å². The first kappa shape index (κ1) is 19.5. The van der Waals surface area contributed by atoms with E-state index in [4.69, 9.17) is 39.0 Å². The summed E-state index contributed by atoms with van der Waals surface area (Å²) in [6.45, 7) is 0.831. The number of nitrogens with one attached hydrogen (secondary N) is 1. The Morgan fingerprint density at radius 3 is 2.48 bits per heavy atom. The molecule has 23 heavy (non-hydrogen) atoms. The Labute approximate surface area is 149 Å². The second kappa shape index (κ2) is 8.35. The molecule has 1 aromatic heterocycles. The van der Waals surface area contributed by atoms with Gasteiger partial charge in [-0.1, -0.05) is 11.6 Å². The van der Waals surface area contributed by atoms with Crippen molar-refractivity contribution >= 4 is 36.2 Å². The molecule has 0 fully saturated rings. The molecule has 1 aromatic carbocycles. The van der Waals surface area contributed by atoms with E-state index < -0.39 is 0 Å². The maximum absolute atomic E-state index is 11.8. The highest BCUT2D eigenvalue weighted by molar-refractivity contribution is 7.71. The molecule has 3 N–H and O–H groups in total. The maximum Gasteiger partial charge on any atom is 0.252 e. The first-order valence-corrected chi connectivity index (χ1v) is 7.26. The molecule has 0 atom stereocenters. The van der Waals surface area contributed by atoms with Crippen molar-refractivity contribution in [1.82, 2.24) is 9.55 Å². The van der Waals surface area contributed by atoms with Gasteiger partial charge in [-0.15, -0.1) is 12.4 Å². The molecule has 6 nitrogen and oxygen atoms in total. The average molecular weight is 378 g/mol. The van der Waals surface area contributed by atoms with E-state index in [-0.39, 0.29) is 18.0 Å². The van der Waals surface area contributed by atoms with Crippen LogP contribution in [0.1, 0.15) is 0 Å². The van der Waals surface area contributed by atoms with Gasteiger partial charge in [0.25, 0.3) is 5.56 Å². The Bertz CT molecular complexity index is 805. The van der Waals surface area contributed by atoms with Crippen molar-refractivity contribution in [1.29, 1.82) is 0 Å². The van der Waals surface area contributed by atoms with Gasteiger partial charge in [0.2, 0.25) is 0 Å². The van der Waals surface area contributed by atoms with Crippen LogP contribution in [0.15, 0.2) is 23.0 Å². The number of aromatic nitrogens is 2. The van der Waals surface area contributed by atoms with E-state index in [0.717, 1.165) is 0 Å². The van der Waals surface area contributed by atoms with Gasteiger partial charge in [-0.3, -0.25) is 9.78 Å². The number of H-pyrrole nitrogens is 1. The topological polar surface area (TPSA) is 82.3 Å². The van der Waals surface area contributed by atoms with Gasteiger partial charge < -0.3 is 19.8 Å². The lowest BCUT2D eigenvalue weighted by molar-refractivity contribution is 0.395. The van der Waals surface area contributed by atoms with Gasteiger partial charge in [-0.05, 0) is 18.3 Å². The Kier molecular flexibility index (Phi) is 7.08. The van der Waals surface area contributed by atoms with Crippen LogP contribution in [0.4, 0.5) is 0 Å². The number of hydrogen-bond acceptors (Lipinski definition) is 5. The molecular weight excluding hydrogens is 361 g/mol. The van der Waals surface area contributed by atoms with Crippen LogP contribution in [0.5, 0.6) is 11.5 Å². The lowest BCUT2D eigenvalue weighted by Gasteiger charge is -2.16. The third kappa shape index (κ3) is 4.06. The maximum atomic E-state index is 11.8. The van der Waals surface area contributed by atoms with Crippen LogP contribution < -0.4 is 20.8 Å². The summed E-state index contributed by atoms with van der Waals surface area (Å²) < 4.78 is 12.6. The molecule has 2 rings (SSSR count). The number of methoxy groups -OCH3 is 2. The van der Waals surface area contributed by atoms with Crippen molar-refractivity contribution in [2.75, 3.05) is 20.8 Å². The molecule has 0 aliphatic heterocycles. The van der Waals surface area contributed by atoms with Gasteiger partial charge in [0.1, 0.15) is 11.5 Å². The number of nitrogens with two attached hydrogens (primary N) is 1. The summed E-state index contributed by atoms with van der Waals surface area (Å²) in [5.41, 5.74) is 6.54. The number of hydrogen-bond donors (Lipinski definition) is 2. The van der Waals surface area contributed by atoms with Gasteiger partial charge in [0.05, 0.1) is 24.9 Å². The minimum Gasteiger partial charge on any atom is -0.496 e. The highest BCUT2D eigenvalue weighted by atomic mass is 35.5. The van der Waals surface area contributed by atoms with E-state index >= 15 is 0 Å². The van der Waals surface area contributed by atoms with Gasteiger partial charge in [0.15, 0.2) is 4.77 Å². The Balaban J connectivity index is 0.00000264. The smallest absolute Gasteiger partial charge is 0.252 e. The molecule has 0 amide bonds. The minimum absolute atomic E-state index is 0. The first-order valence-electron chi connectivity index (χ1n) is 6.48. The molecule has 0 radical (unpaired) electrons. The molecule has 0 unspecified atom stereocenters. The zero-order chi connectivity index (χ0) is 16.3. The number of nitrogens with zero attached hydrogens (tertiary/aromatic N) is 1. The summed E-state index contributed by atoms with van der Waals surface area (Å²) in [5, 5.41) is 0.406. The van der Waals surface area contributed by atoms with E-state index in [1.54, 1.807) is 16.7 Å². The van der Waals surface area contributed by atoms with Crippen molar-refractivity contribution in [3.63, 3.8) is 0 Å². The Morgan fingerprint density at radius 2 is 1.91 bits per heavy atom. The molecule has 1 heterocycles. The molecule has 0 spiro atoms. The number of benzene rings is 1. The normalized spacial score (nSPS) is 10.1. The first-order chi connectivity index (χ1) is 10.5. The van der Waals surface area contributed by atoms with Gasteiger partial charge >= 0.3 is 0 Å². The van der Waals surface area contributed by atoms with Crippen LogP contribution in [0.2, 0.25) is 5.02 Å². The Morgan fingerprint density at radius 1 is 1.26 bits per heavy atom. The molecule has 0 saturated carbocycles. The number of rotatable bonds is 5. The van der Waals surface area contributed by atoms with Crippen molar-refractivity contribution in [2.45, 2.75) is 6.54 Å². The number of aromatic amines is 1. The monoisotopic (exact) mass is 377 g/mol. The largest absolute Gasteiger partial charge is 0.496 e. The number of ether oxygens (including phenoxy) is 2. The zero-order valence-corrected chi connectivity index (χ0v) is 15.0. The van der Waals surface area contributed by atoms with Gasteiger partial charge in [-0.25, -0.2) is 0 Å². The quantitative estimate of drug-likeness (QED) is 0.782. The summed E-state index contributed by atoms with van der Waals surface area (Å²) >= 11 is 11.4. The van der Waals surface area contributed by atoms with Crippen molar-refractivity contribution in [3.8, 4) is 22.8 Å². The van der Waals surface area contributed by atoms with Gasteiger partial charge in [-0.2, -0.15) is 0 Å². The molecular formula is C14H17Cl2N3O3S. The fourth-order valence-corrected chi connectivity index (χ4v) is 2.69. The fraction of sp³-hybridized carbons (Fsp3) is 0.286. The van der Waals surface area contributed by atoms with E-state index in [2.05, 4.69) is 4.98 Å². The second-order valence-electron chi connectivity index (χ2n) is 4.45. The van der Waals surface area contributed by atoms with Crippen LogP contribution in [0.25, 0.3) is 11.3 Å². The van der Waals surface area contributed by atoms with Crippen LogP contribution in [-0.2, 0) is 6.54 Å². The number of halogens is 2. The summed E-state index contributed by atoms with van der Waals surface area (Å²) in [4.78, 5) is 14.4. The van der Waals surface area contributed by atoms with Crippen LogP contribution in [0, 0.1) is 4.77 Å². The average Bonchev–Trinajstić information content (AvgIpc) is 2.49. The predicted molar refractivity (Wildman–Crippen MR) is 95.7 cm³/mol. The lowest BCUT2D eigenvalue weighted by Crippen LogP contribution is -2.19. The summed E-state index contributed by atoms with van der Waals surface area (Å²) in [6.07, 6.45) is 0. The molecule has 0 aliphatic rings. The van der Waals surface area contributed by atoms with Crippen LogP contribution >= 0.6 is 36.2 Å². The molecule has 0 saturated heterocycles. The third-order valence-corrected chi connectivity index (χ3v) is 3.75. The van der Waals surface area contributed by atoms with E-state index in [0.29, 0.717) is 45.6 Å². The van der Waals surface area contributed by atoms with Crippen LogP contribution in [0.3, 0.4) is 0 Å². The van der Waals surface area contributed by atoms with Crippen LogP contribution in [-0.4, -0.2) is 30.3 Å². The SMILES string of the molecule is COc1cc(OC)c(-c2cc(=O)[nH]c(=S)n2CCN)cc1Cl.Cl.